The van der Waals surface area contributed by atoms with Crippen LogP contribution in [0.1, 0.15) is 40.0 Å². The second-order valence-corrected chi connectivity index (χ2v) is 5.67. The molecule has 90 valence electrons. The lowest BCUT2D eigenvalue weighted by Crippen LogP contribution is -2.51. The molecule has 0 saturated carbocycles. The van der Waals surface area contributed by atoms with E-state index in [1.54, 1.807) is 0 Å². The maximum atomic E-state index is 12.1. The van der Waals surface area contributed by atoms with E-state index in [-0.39, 0.29) is 17.9 Å². The average molecular weight is 224 g/mol. The van der Waals surface area contributed by atoms with Crippen LogP contribution in [0.2, 0.25) is 0 Å². The number of likely N-dealkylation sites (tertiary alicyclic amines) is 1. The minimum atomic E-state index is -0.500. The van der Waals surface area contributed by atoms with Crippen molar-refractivity contribution in [1.29, 1.82) is 0 Å². The summed E-state index contributed by atoms with van der Waals surface area (Å²) in [5.41, 5.74) is -0.500. The summed E-state index contributed by atoms with van der Waals surface area (Å²) in [7, 11) is 0. The number of hydrogen-bond acceptors (Lipinski definition) is 3. The van der Waals surface area contributed by atoms with Crippen LogP contribution in [0.3, 0.4) is 0 Å². The van der Waals surface area contributed by atoms with E-state index in [0.717, 1.165) is 19.4 Å². The van der Waals surface area contributed by atoms with Crippen molar-refractivity contribution in [2.75, 3.05) is 6.54 Å². The molecule has 2 unspecified atom stereocenters. The molecular formula is C12H20N2O2. The highest BCUT2D eigenvalue weighted by molar-refractivity contribution is 6.05. The average Bonchev–Trinajstić information content (AvgIpc) is 2.39. The van der Waals surface area contributed by atoms with Gasteiger partial charge in [-0.2, -0.15) is 0 Å². The Morgan fingerprint density at radius 2 is 2.00 bits per heavy atom. The Bertz CT molecular complexity index is 317. The van der Waals surface area contributed by atoms with E-state index in [9.17, 15) is 9.59 Å². The van der Waals surface area contributed by atoms with E-state index < -0.39 is 5.41 Å². The zero-order valence-corrected chi connectivity index (χ0v) is 10.2. The molecule has 2 aliphatic heterocycles. The number of nitrogens with zero attached hydrogens (tertiary/aromatic N) is 1. The highest BCUT2D eigenvalue weighted by Gasteiger charge is 2.47. The molecule has 2 atom stereocenters. The van der Waals surface area contributed by atoms with Gasteiger partial charge in [0.1, 0.15) is 0 Å². The Kier molecular flexibility index (Phi) is 2.78. The van der Waals surface area contributed by atoms with Crippen LogP contribution < -0.4 is 5.32 Å². The second-order valence-electron chi connectivity index (χ2n) is 5.67. The molecule has 2 heterocycles. The van der Waals surface area contributed by atoms with Crippen LogP contribution in [-0.2, 0) is 9.59 Å². The topological polar surface area (TPSA) is 49.4 Å². The van der Waals surface area contributed by atoms with E-state index in [4.69, 9.17) is 0 Å². The fourth-order valence-electron chi connectivity index (χ4n) is 2.55. The summed E-state index contributed by atoms with van der Waals surface area (Å²) in [6, 6.07) is 0.565. The number of carbonyl (C=O) groups is 2. The molecule has 2 aliphatic rings. The molecular weight excluding hydrogens is 204 g/mol. The lowest BCUT2D eigenvalue weighted by Gasteiger charge is -2.33. The van der Waals surface area contributed by atoms with Crippen molar-refractivity contribution in [3.63, 3.8) is 0 Å². The standard InChI is InChI=1S/C12H20N2O2/c1-8-4-5-9(7-13-8)14-10(15)6-12(2,3)11(14)16/h8-9,13H,4-7H2,1-3H3. The summed E-state index contributed by atoms with van der Waals surface area (Å²) in [5.74, 6) is -0.00444. The van der Waals surface area contributed by atoms with Gasteiger partial charge in [0.15, 0.2) is 0 Å². The molecule has 0 aromatic rings. The lowest BCUT2D eigenvalue weighted by atomic mass is 9.91. The highest BCUT2D eigenvalue weighted by Crippen LogP contribution is 2.34. The quantitative estimate of drug-likeness (QED) is 0.674. The van der Waals surface area contributed by atoms with Gasteiger partial charge in [0, 0.05) is 19.0 Å². The first kappa shape index (κ1) is 11.6. The third-order valence-electron chi connectivity index (χ3n) is 3.66. The van der Waals surface area contributed by atoms with Crippen molar-refractivity contribution >= 4 is 11.8 Å². The van der Waals surface area contributed by atoms with E-state index in [1.807, 2.05) is 13.8 Å². The first-order chi connectivity index (χ1) is 7.42. The van der Waals surface area contributed by atoms with E-state index in [0.29, 0.717) is 12.5 Å². The molecule has 4 nitrogen and oxygen atoms in total. The van der Waals surface area contributed by atoms with Gasteiger partial charge in [-0.15, -0.1) is 0 Å². The van der Waals surface area contributed by atoms with Gasteiger partial charge in [0.25, 0.3) is 0 Å². The molecule has 0 aromatic heterocycles. The first-order valence-electron chi connectivity index (χ1n) is 6.02. The molecule has 2 fully saturated rings. The Hall–Kier alpha value is -0.900. The van der Waals surface area contributed by atoms with E-state index >= 15 is 0 Å². The molecule has 2 amide bonds. The molecule has 0 aliphatic carbocycles. The Balaban J connectivity index is 2.10. The minimum Gasteiger partial charge on any atom is -0.312 e. The fourth-order valence-corrected chi connectivity index (χ4v) is 2.55. The third kappa shape index (κ3) is 1.86. The summed E-state index contributed by atoms with van der Waals surface area (Å²) in [6.45, 7) is 6.58. The predicted octanol–water partition coefficient (Wildman–Crippen LogP) is 0.912. The van der Waals surface area contributed by atoms with Crippen LogP contribution in [0.25, 0.3) is 0 Å². The first-order valence-corrected chi connectivity index (χ1v) is 6.02. The maximum Gasteiger partial charge on any atom is 0.235 e. The number of nitrogens with one attached hydrogen (secondary N) is 1. The van der Waals surface area contributed by atoms with Crippen molar-refractivity contribution in [2.45, 2.75) is 52.1 Å². The van der Waals surface area contributed by atoms with Crippen molar-refractivity contribution in [1.82, 2.24) is 10.2 Å². The van der Waals surface area contributed by atoms with Gasteiger partial charge in [0.2, 0.25) is 11.8 Å². The van der Waals surface area contributed by atoms with Crippen LogP contribution in [0.4, 0.5) is 0 Å². The second kappa shape index (κ2) is 3.84. The molecule has 1 N–H and O–H groups in total. The zero-order valence-electron chi connectivity index (χ0n) is 10.2. The normalized spacial score (nSPS) is 34.6. The summed E-state index contributed by atoms with van der Waals surface area (Å²) >= 11 is 0. The fraction of sp³-hybridized carbons (Fsp3) is 0.833. The van der Waals surface area contributed by atoms with Gasteiger partial charge < -0.3 is 5.32 Å². The highest BCUT2D eigenvalue weighted by atomic mass is 16.2. The molecule has 0 aromatic carbocycles. The number of amides is 2. The molecule has 0 bridgehead atoms. The number of hydrogen-bond donors (Lipinski definition) is 1. The van der Waals surface area contributed by atoms with E-state index in [2.05, 4.69) is 12.2 Å². The molecule has 16 heavy (non-hydrogen) atoms. The van der Waals surface area contributed by atoms with Gasteiger partial charge in [-0.3, -0.25) is 14.5 Å². The van der Waals surface area contributed by atoms with E-state index in [1.165, 1.54) is 4.90 Å². The van der Waals surface area contributed by atoms with Gasteiger partial charge in [0.05, 0.1) is 11.5 Å². The summed E-state index contributed by atoms with van der Waals surface area (Å²) < 4.78 is 0. The molecule has 4 heteroatoms. The zero-order chi connectivity index (χ0) is 11.9. The predicted molar refractivity (Wildman–Crippen MR) is 60.7 cm³/mol. The van der Waals surface area contributed by atoms with Gasteiger partial charge >= 0.3 is 0 Å². The lowest BCUT2D eigenvalue weighted by molar-refractivity contribution is -0.144. The SMILES string of the molecule is CC1CCC(N2C(=O)CC(C)(C)C2=O)CN1. The van der Waals surface area contributed by atoms with Crippen LogP contribution in [0, 0.1) is 5.41 Å². The Labute approximate surface area is 96.4 Å². The summed E-state index contributed by atoms with van der Waals surface area (Å²) in [5, 5.41) is 3.33. The van der Waals surface area contributed by atoms with Crippen LogP contribution in [-0.4, -0.2) is 35.3 Å². The van der Waals surface area contributed by atoms with Crippen molar-refractivity contribution in [3.8, 4) is 0 Å². The summed E-state index contributed by atoms with van der Waals surface area (Å²) in [6.07, 6.45) is 2.32. The summed E-state index contributed by atoms with van der Waals surface area (Å²) in [4.78, 5) is 25.5. The van der Waals surface area contributed by atoms with Gasteiger partial charge in [-0.05, 0) is 19.8 Å². The molecule has 2 rings (SSSR count). The minimum absolute atomic E-state index is 0.00106. The van der Waals surface area contributed by atoms with Gasteiger partial charge in [-0.25, -0.2) is 0 Å². The van der Waals surface area contributed by atoms with Crippen LogP contribution in [0.5, 0.6) is 0 Å². The number of carbonyl (C=O) groups excluding carboxylic acids is 2. The van der Waals surface area contributed by atoms with Crippen molar-refractivity contribution in [3.05, 3.63) is 0 Å². The number of piperidine rings is 1. The van der Waals surface area contributed by atoms with Gasteiger partial charge in [-0.1, -0.05) is 13.8 Å². The van der Waals surface area contributed by atoms with Crippen LogP contribution in [0.15, 0.2) is 0 Å². The largest absolute Gasteiger partial charge is 0.312 e. The molecule has 0 spiro atoms. The maximum absolute atomic E-state index is 12.1. The smallest absolute Gasteiger partial charge is 0.235 e. The number of rotatable bonds is 1. The Morgan fingerprint density at radius 3 is 2.44 bits per heavy atom. The molecule has 0 radical (unpaired) electrons. The monoisotopic (exact) mass is 224 g/mol. The molecule has 2 saturated heterocycles. The van der Waals surface area contributed by atoms with Crippen molar-refractivity contribution in [2.24, 2.45) is 5.41 Å². The van der Waals surface area contributed by atoms with Crippen LogP contribution >= 0.6 is 0 Å². The van der Waals surface area contributed by atoms with Crippen molar-refractivity contribution < 1.29 is 9.59 Å². The Morgan fingerprint density at radius 1 is 1.31 bits per heavy atom. The third-order valence-corrected chi connectivity index (χ3v) is 3.66. The number of imide groups is 1.